The quantitative estimate of drug-likeness (QED) is 0.331. The number of carbonyl (C=O) groups excluding carboxylic acids is 1. The van der Waals surface area contributed by atoms with E-state index in [1.807, 2.05) is 6.92 Å². The molecule has 3 nitrogen and oxygen atoms in total. The largest absolute Gasteiger partial charge is 0.466 e. The van der Waals surface area contributed by atoms with Crippen LogP contribution in [0.15, 0.2) is 60.7 Å². The molecule has 28 heavy (non-hydrogen) atoms. The number of hydrogen-bond donors (Lipinski definition) is 0. The Labute approximate surface area is 171 Å². The van der Waals surface area contributed by atoms with Gasteiger partial charge in [-0.25, -0.2) is 0 Å². The smallest absolute Gasteiger partial charge is 0.305 e. The molecule has 0 atom stereocenters. The number of unbranched alkanes of at least 4 members (excludes halogenated alkanes) is 2. The van der Waals surface area contributed by atoms with Crippen LogP contribution in [-0.2, 0) is 14.0 Å². The molecule has 0 unspecified atom stereocenters. The SMILES string of the molecule is CCOC(=O)CCCCCO[Si](c1ccccc1)(c1ccccc1)C(C)(C)C. The zero-order valence-electron chi connectivity index (χ0n) is 17.7. The zero-order valence-corrected chi connectivity index (χ0v) is 18.7. The molecule has 4 heteroatoms. The van der Waals surface area contributed by atoms with Crippen molar-refractivity contribution in [1.82, 2.24) is 0 Å². The van der Waals surface area contributed by atoms with Gasteiger partial charge in [-0.1, -0.05) is 87.9 Å². The fraction of sp³-hybridized carbons (Fsp3) is 0.458. The Morgan fingerprint density at radius 3 is 1.86 bits per heavy atom. The topological polar surface area (TPSA) is 35.5 Å². The van der Waals surface area contributed by atoms with Crippen LogP contribution in [0.5, 0.6) is 0 Å². The summed E-state index contributed by atoms with van der Waals surface area (Å²) in [7, 11) is -2.44. The van der Waals surface area contributed by atoms with E-state index in [0.717, 1.165) is 19.3 Å². The maximum atomic E-state index is 11.5. The van der Waals surface area contributed by atoms with E-state index in [9.17, 15) is 4.79 Å². The number of rotatable bonds is 10. The van der Waals surface area contributed by atoms with Gasteiger partial charge in [0.25, 0.3) is 8.32 Å². The van der Waals surface area contributed by atoms with E-state index in [1.165, 1.54) is 10.4 Å². The number of carbonyl (C=O) groups is 1. The first-order chi connectivity index (χ1) is 13.4. The van der Waals surface area contributed by atoms with E-state index in [1.54, 1.807) is 0 Å². The Kier molecular flexibility index (Phi) is 8.46. The molecule has 0 heterocycles. The van der Waals surface area contributed by atoms with E-state index in [4.69, 9.17) is 9.16 Å². The molecule has 0 saturated carbocycles. The van der Waals surface area contributed by atoms with Crippen LogP contribution in [0.25, 0.3) is 0 Å². The molecular formula is C24H34O3Si. The highest BCUT2D eigenvalue weighted by atomic mass is 28.4. The highest BCUT2D eigenvalue weighted by Gasteiger charge is 2.49. The lowest BCUT2D eigenvalue weighted by Gasteiger charge is -2.43. The van der Waals surface area contributed by atoms with Crippen LogP contribution in [0.1, 0.15) is 53.4 Å². The second-order valence-corrected chi connectivity index (χ2v) is 12.4. The van der Waals surface area contributed by atoms with Gasteiger partial charge in [0.05, 0.1) is 6.61 Å². The van der Waals surface area contributed by atoms with Gasteiger partial charge < -0.3 is 9.16 Å². The first-order valence-electron chi connectivity index (χ1n) is 10.3. The molecule has 0 fully saturated rings. The molecule has 2 rings (SSSR count). The second-order valence-electron chi connectivity index (χ2n) is 8.13. The van der Waals surface area contributed by atoms with Crippen LogP contribution < -0.4 is 10.4 Å². The van der Waals surface area contributed by atoms with Gasteiger partial charge in [0, 0.05) is 13.0 Å². The molecule has 0 bridgehead atoms. The van der Waals surface area contributed by atoms with Crippen molar-refractivity contribution in [3.8, 4) is 0 Å². The summed E-state index contributed by atoms with van der Waals surface area (Å²) in [6, 6.07) is 21.4. The molecular weight excluding hydrogens is 364 g/mol. The average Bonchev–Trinajstić information content (AvgIpc) is 2.68. The fourth-order valence-electron chi connectivity index (χ4n) is 3.77. The molecule has 0 aliphatic carbocycles. The van der Waals surface area contributed by atoms with Crippen molar-refractivity contribution in [1.29, 1.82) is 0 Å². The van der Waals surface area contributed by atoms with Gasteiger partial charge in [0.1, 0.15) is 0 Å². The highest BCUT2D eigenvalue weighted by Crippen LogP contribution is 2.36. The van der Waals surface area contributed by atoms with Crippen LogP contribution in [0.3, 0.4) is 0 Å². The number of ether oxygens (including phenoxy) is 1. The van der Waals surface area contributed by atoms with Crippen LogP contribution in [0.2, 0.25) is 5.04 Å². The van der Waals surface area contributed by atoms with Gasteiger partial charge in [-0.15, -0.1) is 0 Å². The van der Waals surface area contributed by atoms with E-state index in [0.29, 0.717) is 19.6 Å². The van der Waals surface area contributed by atoms with Crippen LogP contribution in [-0.4, -0.2) is 27.5 Å². The van der Waals surface area contributed by atoms with Gasteiger partial charge in [0.2, 0.25) is 0 Å². The molecule has 0 aliphatic heterocycles. The fourth-order valence-corrected chi connectivity index (χ4v) is 8.37. The van der Waals surface area contributed by atoms with Gasteiger partial charge in [-0.2, -0.15) is 0 Å². The molecule has 152 valence electrons. The van der Waals surface area contributed by atoms with Crippen molar-refractivity contribution in [2.45, 2.75) is 58.4 Å². The third-order valence-electron chi connectivity index (χ3n) is 5.07. The molecule has 0 N–H and O–H groups in total. The van der Waals surface area contributed by atoms with Gasteiger partial charge in [-0.3, -0.25) is 4.79 Å². The van der Waals surface area contributed by atoms with E-state index in [-0.39, 0.29) is 11.0 Å². The monoisotopic (exact) mass is 398 g/mol. The summed E-state index contributed by atoms with van der Waals surface area (Å²) >= 11 is 0. The van der Waals surface area contributed by atoms with Crippen molar-refractivity contribution in [2.75, 3.05) is 13.2 Å². The maximum absolute atomic E-state index is 11.5. The third kappa shape index (κ3) is 5.55. The molecule has 0 saturated heterocycles. The Morgan fingerprint density at radius 2 is 1.39 bits per heavy atom. The van der Waals surface area contributed by atoms with Crippen molar-refractivity contribution >= 4 is 24.7 Å². The number of hydrogen-bond acceptors (Lipinski definition) is 3. The van der Waals surface area contributed by atoms with Crippen molar-refractivity contribution in [3.63, 3.8) is 0 Å². The van der Waals surface area contributed by atoms with Crippen LogP contribution in [0.4, 0.5) is 0 Å². The van der Waals surface area contributed by atoms with E-state index >= 15 is 0 Å². The van der Waals surface area contributed by atoms with Gasteiger partial charge in [0.15, 0.2) is 0 Å². The summed E-state index contributed by atoms with van der Waals surface area (Å²) in [6.45, 7) is 9.88. The van der Waals surface area contributed by atoms with Gasteiger partial charge in [-0.05, 0) is 35.2 Å². The van der Waals surface area contributed by atoms with Crippen molar-refractivity contribution in [2.24, 2.45) is 0 Å². The molecule has 2 aromatic rings. The average molecular weight is 399 g/mol. The molecule has 0 amide bonds. The lowest BCUT2D eigenvalue weighted by Crippen LogP contribution is -2.66. The Hall–Kier alpha value is -1.91. The Morgan fingerprint density at radius 1 is 0.857 bits per heavy atom. The van der Waals surface area contributed by atoms with Crippen molar-refractivity contribution < 1.29 is 14.0 Å². The van der Waals surface area contributed by atoms with E-state index < -0.39 is 8.32 Å². The standard InChI is InChI=1S/C24H34O3Si/c1-5-26-23(25)19-13-8-14-20-27-28(24(2,3)4,21-15-9-6-10-16-21)22-17-11-7-12-18-22/h6-7,9-12,15-18H,5,8,13-14,19-20H2,1-4H3. The minimum absolute atomic E-state index is 0.000633. The third-order valence-corrected chi connectivity index (χ3v) is 10.1. The lowest BCUT2D eigenvalue weighted by atomic mass is 10.2. The molecule has 0 aromatic heterocycles. The summed E-state index contributed by atoms with van der Waals surface area (Å²) in [6.07, 6.45) is 3.26. The maximum Gasteiger partial charge on any atom is 0.305 e. The highest BCUT2D eigenvalue weighted by molar-refractivity contribution is 6.99. The van der Waals surface area contributed by atoms with Crippen LogP contribution >= 0.6 is 0 Å². The van der Waals surface area contributed by atoms with Gasteiger partial charge >= 0.3 is 5.97 Å². The summed E-state index contributed by atoms with van der Waals surface area (Å²) in [5, 5.41) is 2.61. The minimum Gasteiger partial charge on any atom is -0.466 e. The first-order valence-corrected chi connectivity index (χ1v) is 12.2. The summed E-state index contributed by atoms with van der Waals surface area (Å²) < 4.78 is 11.8. The number of esters is 1. The lowest BCUT2D eigenvalue weighted by molar-refractivity contribution is -0.143. The van der Waals surface area contributed by atoms with Crippen molar-refractivity contribution in [3.05, 3.63) is 60.7 Å². The Balaban J connectivity index is 2.15. The summed E-state index contributed by atoms with van der Waals surface area (Å²) in [5.41, 5.74) is 0. The Bertz CT molecular complexity index is 668. The first kappa shape index (κ1) is 22.4. The second kappa shape index (κ2) is 10.6. The predicted molar refractivity (Wildman–Crippen MR) is 119 cm³/mol. The molecule has 0 aliphatic rings. The molecule has 2 aromatic carbocycles. The summed E-state index contributed by atoms with van der Waals surface area (Å²) in [5.74, 6) is -0.101. The molecule has 0 radical (unpaired) electrons. The minimum atomic E-state index is -2.44. The van der Waals surface area contributed by atoms with Crippen LogP contribution in [0, 0.1) is 0 Å². The predicted octanol–water partition coefficient (Wildman–Crippen LogP) is 4.69. The summed E-state index contributed by atoms with van der Waals surface area (Å²) in [4.78, 5) is 11.5. The molecule has 0 spiro atoms. The normalized spacial score (nSPS) is 12.0. The number of benzene rings is 2. The zero-order chi connectivity index (χ0) is 20.5. The van der Waals surface area contributed by atoms with E-state index in [2.05, 4.69) is 81.4 Å².